The summed E-state index contributed by atoms with van der Waals surface area (Å²) in [6, 6.07) is 12.6. The second-order valence-corrected chi connectivity index (χ2v) is 6.13. The van der Waals surface area contributed by atoms with E-state index in [9.17, 15) is 5.11 Å². The largest absolute Gasteiger partial charge is 0.469 e. The minimum Gasteiger partial charge on any atom is -0.469 e. The average molecular weight is 348 g/mol. The maximum atomic E-state index is 10.9. The number of halogens is 2. The Morgan fingerprint density at radius 2 is 2.00 bits per heavy atom. The number of pyridine rings is 1. The van der Waals surface area contributed by atoms with Gasteiger partial charge in [-0.25, -0.2) is 0 Å². The number of aliphatic hydroxyl groups is 1. The Morgan fingerprint density at radius 3 is 2.65 bits per heavy atom. The van der Waals surface area contributed by atoms with Crippen LogP contribution in [0.4, 0.5) is 0 Å². The van der Waals surface area contributed by atoms with Crippen molar-refractivity contribution < 1.29 is 9.52 Å². The van der Waals surface area contributed by atoms with E-state index < -0.39 is 6.10 Å². The van der Waals surface area contributed by atoms with Crippen molar-refractivity contribution in [1.29, 1.82) is 0 Å². The van der Waals surface area contributed by atoms with Crippen LogP contribution in [0.1, 0.15) is 28.9 Å². The van der Waals surface area contributed by atoms with E-state index in [2.05, 4.69) is 4.98 Å². The molecule has 0 amide bonds. The molecule has 0 radical (unpaired) electrons. The molecule has 3 aromatic rings. The van der Waals surface area contributed by atoms with Gasteiger partial charge in [-0.2, -0.15) is 0 Å². The molecule has 3 rings (SSSR count). The number of rotatable bonds is 5. The molecule has 0 bridgehead atoms. The first-order valence-electron chi connectivity index (χ1n) is 7.20. The Bertz CT molecular complexity index is 760. The van der Waals surface area contributed by atoms with Crippen LogP contribution < -0.4 is 0 Å². The summed E-state index contributed by atoms with van der Waals surface area (Å²) >= 11 is 12.3. The van der Waals surface area contributed by atoms with Crippen LogP contribution in [-0.4, -0.2) is 10.1 Å². The number of nitrogens with zero attached hydrogens (tertiary/aromatic N) is 1. The predicted molar refractivity (Wildman–Crippen MR) is 90.8 cm³/mol. The summed E-state index contributed by atoms with van der Waals surface area (Å²) in [4.78, 5) is 4.08. The number of benzene rings is 1. The highest BCUT2D eigenvalue weighted by Crippen LogP contribution is 2.38. The maximum Gasteiger partial charge on any atom is 0.104 e. The van der Waals surface area contributed by atoms with Crippen molar-refractivity contribution in [3.8, 4) is 0 Å². The second kappa shape index (κ2) is 7.18. The first kappa shape index (κ1) is 16.1. The first-order chi connectivity index (χ1) is 11.1. The van der Waals surface area contributed by atoms with Crippen LogP contribution in [0, 0.1) is 0 Å². The van der Waals surface area contributed by atoms with Gasteiger partial charge in [0.05, 0.1) is 12.4 Å². The SMILES string of the molecule is OC(c1cccnc1)C(Cc1ccco1)c1ccc(Cl)cc1Cl. The van der Waals surface area contributed by atoms with Gasteiger partial charge in [0.1, 0.15) is 5.76 Å². The monoisotopic (exact) mass is 347 g/mol. The molecule has 2 atom stereocenters. The Morgan fingerprint density at radius 1 is 1.13 bits per heavy atom. The summed E-state index contributed by atoms with van der Waals surface area (Å²) in [5.74, 6) is 0.513. The number of aromatic nitrogens is 1. The zero-order chi connectivity index (χ0) is 16.2. The molecule has 0 fully saturated rings. The number of hydrogen-bond acceptors (Lipinski definition) is 3. The van der Waals surface area contributed by atoms with E-state index in [1.165, 1.54) is 0 Å². The molecule has 3 nitrogen and oxygen atoms in total. The first-order valence-corrected chi connectivity index (χ1v) is 7.96. The van der Waals surface area contributed by atoms with Gasteiger partial charge in [0, 0.05) is 34.8 Å². The standard InChI is InChI=1S/C18H15Cl2NO2/c19-13-5-6-15(17(20)9-13)16(10-14-4-2-8-23-14)18(22)12-3-1-7-21-11-12/h1-9,11,16,18,22H,10H2. The average Bonchev–Trinajstić information content (AvgIpc) is 3.07. The van der Waals surface area contributed by atoms with Gasteiger partial charge < -0.3 is 9.52 Å². The highest BCUT2D eigenvalue weighted by molar-refractivity contribution is 6.35. The van der Waals surface area contributed by atoms with Crippen LogP contribution in [0.15, 0.2) is 65.5 Å². The number of furan rings is 1. The van der Waals surface area contributed by atoms with Gasteiger partial charge in [-0.3, -0.25) is 4.98 Å². The molecule has 0 saturated carbocycles. The molecule has 1 aromatic carbocycles. The molecular weight excluding hydrogens is 333 g/mol. The lowest BCUT2D eigenvalue weighted by atomic mass is 9.86. The Kier molecular flexibility index (Phi) is 5.01. The van der Waals surface area contributed by atoms with Gasteiger partial charge in [-0.15, -0.1) is 0 Å². The highest BCUT2D eigenvalue weighted by Gasteiger charge is 2.26. The van der Waals surface area contributed by atoms with E-state index >= 15 is 0 Å². The van der Waals surface area contributed by atoms with Crippen molar-refractivity contribution in [3.63, 3.8) is 0 Å². The molecule has 5 heteroatoms. The zero-order valence-electron chi connectivity index (χ0n) is 12.2. The molecule has 0 aliphatic rings. The van der Waals surface area contributed by atoms with Crippen LogP contribution in [0.25, 0.3) is 0 Å². The zero-order valence-corrected chi connectivity index (χ0v) is 13.7. The molecular formula is C18H15Cl2NO2. The van der Waals surface area contributed by atoms with Crippen molar-refractivity contribution in [1.82, 2.24) is 4.98 Å². The van der Waals surface area contributed by atoms with E-state index in [1.807, 2.05) is 24.3 Å². The summed E-state index contributed by atoms with van der Waals surface area (Å²) in [7, 11) is 0. The van der Waals surface area contributed by atoms with Gasteiger partial charge in [0.25, 0.3) is 0 Å². The lowest BCUT2D eigenvalue weighted by Gasteiger charge is -2.24. The van der Waals surface area contributed by atoms with Crippen molar-refractivity contribution in [2.75, 3.05) is 0 Å². The molecule has 118 valence electrons. The minimum atomic E-state index is -0.757. The molecule has 1 N–H and O–H groups in total. The molecule has 2 aromatic heterocycles. The fourth-order valence-electron chi connectivity index (χ4n) is 2.62. The molecule has 2 unspecified atom stereocenters. The van der Waals surface area contributed by atoms with E-state index in [4.69, 9.17) is 27.6 Å². The second-order valence-electron chi connectivity index (χ2n) is 5.29. The summed E-state index contributed by atoms with van der Waals surface area (Å²) in [6.45, 7) is 0. The topological polar surface area (TPSA) is 46.3 Å². The van der Waals surface area contributed by atoms with Gasteiger partial charge in [-0.05, 0) is 41.5 Å². The normalized spacial score (nSPS) is 13.7. The van der Waals surface area contributed by atoms with Crippen molar-refractivity contribution >= 4 is 23.2 Å². The molecule has 23 heavy (non-hydrogen) atoms. The van der Waals surface area contributed by atoms with Gasteiger partial charge in [-0.1, -0.05) is 35.3 Å². The van der Waals surface area contributed by atoms with Crippen LogP contribution >= 0.6 is 23.2 Å². The lowest BCUT2D eigenvalue weighted by molar-refractivity contribution is 0.141. The molecule has 0 spiro atoms. The molecule has 0 saturated heterocycles. The van der Waals surface area contributed by atoms with Gasteiger partial charge in [0.2, 0.25) is 0 Å². The van der Waals surface area contributed by atoms with E-state index in [0.29, 0.717) is 16.5 Å². The third-order valence-electron chi connectivity index (χ3n) is 3.77. The van der Waals surface area contributed by atoms with Crippen LogP contribution in [-0.2, 0) is 6.42 Å². The van der Waals surface area contributed by atoms with Crippen LogP contribution in [0.3, 0.4) is 0 Å². The fraction of sp³-hybridized carbons (Fsp3) is 0.167. The smallest absolute Gasteiger partial charge is 0.104 e. The molecule has 2 heterocycles. The summed E-state index contributed by atoms with van der Waals surface area (Å²) in [5.41, 5.74) is 1.55. The summed E-state index contributed by atoms with van der Waals surface area (Å²) in [5, 5.41) is 11.9. The predicted octanol–water partition coefficient (Wildman–Crippen LogP) is 5.04. The quantitative estimate of drug-likeness (QED) is 0.703. The van der Waals surface area contributed by atoms with E-state index in [1.54, 1.807) is 36.9 Å². The van der Waals surface area contributed by atoms with Gasteiger partial charge in [0.15, 0.2) is 0 Å². The van der Waals surface area contributed by atoms with Crippen molar-refractivity contribution in [2.45, 2.75) is 18.4 Å². The number of aliphatic hydroxyl groups excluding tert-OH is 1. The number of hydrogen-bond donors (Lipinski definition) is 1. The third kappa shape index (κ3) is 3.75. The Hall–Kier alpha value is -1.81. The van der Waals surface area contributed by atoms with Crippen LogP contribution in [0.5, 0.6) is 0 Å². The van der Waals surface area contributed by atoms with Crippen molar-refractivity contribution in [2.24, 2.45) is 0 Å². The minimum absolute atomic E-state index is 0.268. The maximum absolute atomic E-state index is 10.9. The van der Waals surface area contributed by atoms with Crippen LogP contribution in [0.2, 0.25) is 10.0 Å². The van der Waals surface area contributed by atoms with E-state index in [0.717, 1.165) is 16.9 Å². The lowest BCUT2D eigenvalue weighted by Crippen LogP contribution is -2.14. The Balaban J connectivity index is 1.99. The summed E-state index contributed by atoms with van der Waals surface area (Å²) in [6.07, 6.45) is 4.71. The molecule has 0 aliphatic heterocycles. The third-order valence-corrected chi connectivity index (χ3v) is 4.33. The highest BCUT2D eigenvalue weighted by atomic mass is 35.5. The van der Waals surface area contributed by atoms with Gasteiger partial charge >= 0.3 is 0 Å². The Labute approximate surface area is 144 Å². The summed E-state index contributed by atoms with van der Waals surface area (Å²) < 4.78 is 5.44. The fourth-order valence-corrected chi connectivity index (χ4v) is 3.17. The van der Waals surface area contributed by atoms with Crippen molar-refractivity contribution in [3.05, 3.63) is 88.1 Å². The van der Waals surface area contributed by atoms with E-state index in [-0.39, 0.29) is 5.92 Å². The molecule has 0 aliphatic carbocycles.